The number of amides is 1. The first kappa shape index (κ1) is 16.6. The van der Waals surface area contributed by atoms with E-state index in [1.165, 1.54) is 0 Å². The molecular formula is C18H24N4O2. The Balaban J connectivity index is 1.76. The minimum absolute atomic E-state index is 0.178. The number of furan rings is 1. The molecule has 2 aromatic heterocycles. The number of rotatable bonds is 4. The van der Waals surface area contributed by atoms with Crippen LogP contribution < -0.4 is 0 Å². The molecule has 1 aliphatic rings. The number of aromatic nitrogens is 2. The summed E-state index contributed by atoms with van der Waals surface area (Å²) in [5.74, 6) is 0.178. The second-order valence-corrected chi connectivity index (χ2v) is 6.55. The average Bonchev–Trinajstić information content (AvgIpc) is 3.00. The first-order valence-electron chi connectivity index (χ1n) is 8.39. The molecule has 6 heteroatoms. The SMILES string of the molecule is CC(C)N(C)CC(=O)N1CCc2ncnc(-c3ccoc3)c2CC1. The number of hydrogen-bond acceptors (Lipinski definition) is 5. The van der Waals surface area contributed by atoms with Gasteiger partial charge in [-0.1, -0.05) is 0 Å². The summed E-state index contributed by atoms with van der Waals surface area (Å²) in [6, 6.07) is 2.27. The van der Waals surface area contributed by atoms with Gasteiger partial charge >= 0.3 is 0 Å². The molecule has 0 bridgehead atoms. The minimum atomic E-state index is 0.178. The van der Waals surface area contributed by atoms with Crippen LogP contribution in [0.15, 0.2) is 29.3 Å². The van der Waals surface area contributed by atoms with Crippen molar-refractivity contribution in [2.75, 3.05) is 26.7 Å². The summed E-state index contributed by atoms with van der Waals surface area (Å²) in [5, 5.41) is 0. The van der Waals surface area contributed by atoms with Gasteiger partial charge in [-0.3, -0.25) is 9.69 Å². The predicted octanol–water partition coefficient (Wildman–Crippen LogP) is 2.00. The van der Waals surface area contributed by atoms with Crippen molar-refractivity contribution in [1.29, 1.82) is 0 Å². The number of likely N-dealkylation sites (N-methyl/N-ethyl adjacent to an activating group) is 1. The number of nitrogens with zero attached hydrogens (tertiary/aromatic N) is 4. The molecule has 0 fully saturated rings. The van der Waals surface area contributed by atoms with Gasteiger partial charge in [-0.2, -0.15) is 0 Å². The highest BCUT2D eigenvalue weighted by Gasteiger charge is 2.23. The third-order valence-corrected chi connectivity index (χ3v) is 4.70. The average molecular weight is 328 g/mol. The van der Waals surface area contributed by atoms with Crippen LogP contribution in [0.25, 0.3) is 11.3 Å². The van der Waals surface area contributed by atoms with E-state index in [-0.39, 0.29) is 5.91 Å². The van der Waals surface area contributed by atoms with Crippen LogP contribution in [0.1, 0.15) is 25.1 Å². The minimum Gasteiger partial charge on any atom is -0.472 e. The van der Waals surface area contributed by atoms with Crippen molar-refractivity contribution >= 4 is 5.91 Å². The fourth-order valence-electron chi connectivity index (χ4n) is 2.92. The van der Waals surface area contributed by atoms with Gasteiger partial charge in [0.05, 0.1) is 24.8 Å². The van der Waals surface area contributed by atoms with Crippen LogP contribution in [-0.2, 0) is 17.6 Å². The molecule has 2 aromatic rings. The van der Waals surface area contributed by atoms with Crippen LogP contribution in [0, 0.1) is 0 Å². The number of hydrogen-bond donors (Lipinski definition) is 0. The van der Waals surface area contributed by atoms with Crippen molar-refractivity contribution in [3.8, 4) is 11.3 Å². The van der Waals surface area contributed by atoms with Crippen molar-refractivity contribution in [3.63, 3.8) is 0 Å². The third kappa shape index (κ3) is 3.48. The van der Waals surface area contributed by atoms with Crippen molar-refractivity contribution in [2.24, 2.45) is 0 Å². The molecule has 1 aliphatic heterocycles. The van der Waals surface area contributed by atoms with Crippen LogP contribution in [0.2, 0.25) is 0 Å². The first-order valence-corrected chi connectivity index (χ1v) is 8.39. The largest absolute Gasteiger partial charge is 0.472 e. The molecule has 0 aromatic carbocycles. The van der Waals surface area contributed by atoms with Crippen LogP contribution in [0.5, 0.6) is 0 Å². The monoisotopic (exact) mass is 328 g/mol. The third-order valence-electron chi connectivity index (χ3n) is 4.70. The van der Waals surface area contributed by atoms with Gasteiger partial charge in [0.1, 0.15) is 6.33 Å². The molecule has 6 nitrogen and oxygen atoms in total. The summed E-state index contributed by atoms with van der Waals surface area (Å²) in [6.45, 7) is 6.06. The molecular weight excluding hydrogens is 304 g/mol. The molecule has 1 amide bonds. The maximum absolute atomic E-state index is 12.6. The lowest BCUT2D eigenvalue weighted by Crippen LogP contribution is -2.42. The lowest BCUT2D eigenvalue weighted by molar-refractivity contribution is -0.132. The molecule has 0 N–H and O–H groups in total. The zero-order chi connectivity index (χ0) is 17.1. The molecule has 0 radical (unpaired) electrons. The molecule has 0 saturated heterocycles. The van der Waals surface area contributed by atoms with Crippen molar-refractivity contribution in [3.05, 3.63) is 36.2 Å². The summed E-state index contributed by atoms with van der Waals surface area (Å²) in [7, 11) is 1.98. The van der Waals surface area contributed by atoms with E-state index in [9.17, 15) is 4.79 Å². The van der Waals surface area contributed by atoms with Gasteiger partial charge in [-0.15, -0.1) is 0 Å². The maximum atomic E-state index is 12.6. The second kappa shape index (κ2) is 7.13. The van der Waals surface area contributed by atoms with Crippen molar-refractivity contribution in [1.82, 2.24) is 19.8 Å². The van der Waals surface area contributed by atoms with E-state index in [0.29, 0.717) is 25.7 Å². The van der Waals surface area contributed by atoms with E-state index in [1.807, 2.05) is 18.0 Å². The van der Waals surface area contributed by atoms with Crippen molar-refractivity contribution in [2.45, 2.75) is 32.7 Å². The molecule has 0 atom stereocenters. The van der Waals surface area contributed by atoms with E-state index in [2.05, 4.69) is 28.7 Å². The van der Waals surface area contributed by atoms with Crippen LogP contribution >= 0.6 is 0 Å². The molecule has 3 rings (SSSR count). The standard InChI is InChI=1S/C18H24N4O2/c1-13(2)21(3)10-17(23)22-7-4-15-16(5-8-22)19-12-20-18(15)14-6-9-24-11-14/h6,9,11-13H,4-5,7-8,10H2,1-3H3. The Morgan fingerprint density at radius 3 is 2.83 bits per heavy atom. The quantitative estimate of drug-likeness (QED) is 0.859. The van der Waals surface area contributed by atoms with E-state index < -0.39 is 0 Å². The Hall–Kier alpha value is -2.21. The Labute approximate surface area is 142 Å². The highest BCUT2D eigenvalue weighted by Crippen LogP contribution is 2.26. The summed E-state index contributed by atoms with van der Waals surface area (Å²) in [4.78, 5) is 25.5. The normalized spacial score (nSPS) is 14.8. The number of fused-ring (bicyclic) bond motifs is 1. The molecule has 0 aliphatic carbocycles. The van der Waals surface area contributed by atoms with Gasteiger partial charge in [0.25, 0.3) is 0 Å². The maximum Gasteiger partial charge on any atom is 0.236 e. The van der Waals surface area contributed by atoms with E-state index in [1.54, 1.807) is 18.9 Å². The molecule has 3 heterocycles. The predicted molar refractivity (Wildman–Crippen MR) is 91.5 cm³/mol. The van der Waals surface area contributed by atoms with E-state index >= 15 is 0 Å². The molecule has 128 valence electrons. The molecule has 24 heavy (non-hydrogen) atoms. The highest BCUT2D eigenvalue weighted by atomic mass is 16.3. The summed E-state index contributed by atoms with van der Waals surface area (Å²) in [5.41, 5.74) is 4.05. The van der Waals surface area contributed by atoms with E-state index in [4.69, 9.17) is 4.42 Å². The lowest BCUT2D eigenvalue weighted by Gasteiger charge is -2.26. The van der Waals surface area contributed by atoms with Gasteiger partial charge in [-0.25, -0.2) is 9.97 Å². The number of carbonyl (C=O) groups is 1. The van der Waals surface area contributed by atoms with E-state index in [0.717, 1.165) is 35.4 Å². The zero-order valence-electron chi connectivity index (χ0n) is 14.5. The van der Waals surface area contributed by atoms with Gasteiger partial charge in [0, 0.05) is 42.4 Å². The second-order valence-electron chi connectivity index (χ2n) is 6.55. The summed E-state index contributed by atoms with van der Waals surface area (Å²) < 4.78 is 5.19. The summed E-state index contributed by atoms with van der Waals surface area (Å²) in [6.07, 6.45) is 6.49. The fourth-order valence-corrected chi connectivity index (χ4v) is 2.92. The highest BCUT2D eigenvalue weighted by molar-refractivity contribution is 5.78. The lowest BCUT2D eigenvalue weighted by atomic mass is 10.0. The smallest absolute Gasteiger partial charge is 0.236 e. The van der Waals surface area contributed by atoms with Crippen LogP contribution in [0.3, 0.4) is 0 Å². The Kier molecular flexibility index (Phi) is 4.94. The Morgan fingerprint density at radius 1 is 1.33 bits per heavy atom. The van der Waals surface area contributed by atoms with Gasteiger partial charge in [0.15, 0.2) is 0 Å². The van der Waals surface area contributed by atoms with Crippen LogP contribution in [0.4, 0.5) is 0 Å². The Morgan fingerprint density at radius 2 is 2.12 bits per heavy atom. The number of carbonyl (C=O) groups excluding carboxylic acids is 1. The van der Waals surface area contributed by atoms with Gasteiger partial charge < -0.3 is 9.32 Å². The van der Waals surface area contributed by atoms with Gasteiger partial charge in [-0.05, 0) is 33.4 Å². The van der Waals surface area contributed by atoms with Gasteiger partial charge in [0.2, 0.25) is 5.91 Å². The molecule has 0 saturated carbocycles. The molecule has 0 spiro atoms. The first-order chi connectivity index (χ1) is 11.6. The Bertz CT molecular complexity index is 697. The molecule has 0 unspecified atom stereocenters. The van der Waals surface area contributed by atoms with Crippen molar-refractivity contribution < 1.29 is 9.21 Å². The van der Waals surface area contributed by atoms with Crippen LogP contribution in [-0.4, -0.2) is 58.4 Å². The summed E-state index contributed by atoms with van der Waals surface area (Å²) >= 11 is 0. The zero-order valence-corrected chi connectivity index (χ0v) is 14.5. The fraction of sp³-hybridized carbons (Fsp3) is 0.500. The topological polar surface area (TPSA) is 62.5 Å².